The SMILES string of the molecule is CCC(C)NC(=O)CNc1ccc(F)cc1C. The fourth-order valence-electron chi connectivity index (χ4n) is 1.43. The van der Waals surface area contributed by atoms with Crippen molar-refractivity contribution < 1.29 is 9.18 Å². The van der Waals surface area contributed by atoms with Gasteiger partial charge in [-0.05, 0) is 44.0 Å². The Kier molecular flexibility index (Phi) is 4.94. The highest BCUT2D eigenvalue weighted by atomic mass is 19.1. The summed E-state index contributed by atoms with van der Waals surface area (Å²) in [5, 5.41) is 5.85. The van der Waals surface area contributed by atoms with Gasteiger partial charge in [0, 0.05) is 11.7 Å². The smallest absolute Gasteiger partial charge is 0.239 e. The average Bonchev–Trinajstić information content (AvgIpc) is 2.27. The number of hydrogen-bond donors (Lipinski definition) is 2. The third-order valence-electron chi connectivity index (χ3n) is 2.65. The van der Waals surface area contributed by atoms with Gasteiger partial charge in [0.05, 0.1) is 6.54 Å². The van der Waals surface area contributed by atoms with Crippen molar-refractivity contribution >= 4 is 11.6 Å². The van der Waals surface area contributed by atoms with E-state index in [4.69, 9.17) is 0 Å². The van der Waals surface area contributed by atoms with E-state index in [1.165, 1.54) is 12.1 Å². The third kappa shape index (κ3) is 4.43. The predicted octanol–water partition coefficient (Wildman–Crippen LogP) is 2.46. The van der Waals surface area contributed by atoms with Crippen molar-refractivity contribution in [3.8, 4) is 0 Å². The molecule has 1 atom stereocenters. The Labute approximate surface area is 101 Å². The normalized spacial score (nSPS) is 12.0. The van der Waals surface area contributed by atoms with E-state index in [-0.39, 0.29) is 24.3 Å². The molecule has 1 unspecified atom stereocenters. The van der Waals surface area contributed by atoms with E-state index in [2.05, 4.69) is 10.6 Å². The monoisotopic (exact) mass is 238 g/mol. The molecule has 0 fully saturated rings. The summed E-state index contributed by atoms with van der Waals surface area (Å²) in [5.41, 5.74) is 1.58. The van der Waals surface area contributed by atoms with Gasteiger partial charge in [0.15, 0.2) is 0 Å². The van der Waals surface area contributed by atoms with E-state index in [0.29, 0.717) is 0 Å². The van der Waals surface area contributed by atoms with Crippen molar-refractivity contribution in [2.75, 3.05) is 11.9 Å². The predicted molar refractivity (Wildman–Crippen MR) is 67.5 cm³/mol. The largest absolute Gasteiger partial charge is 0.376 e. The first-order valence-electron chi connectivity index (χ1n) is 5.82. The van der Waals surface area contributed by atoms with Crippen molar-refractivity contribution in [1.82, 2.24) is 5.32 Å². The Morgan fingerprint density at radius 2 is 2.18 bits per heavy atom. The van der Waals surface area contributed by atoms with Crippen LogP contribution in [0.25, 0.3) is 0 Å². The highest BCUT2D eigenvalue weighted by Gasteiger charge is 2.06. The molecule has 0 aliphatic rings. The van der Waals surface area contributed by atoms with E-state index < -0.39 is 0 Å². The number of nitrogens with one attached hydrogen (secondary N) is 2. The zero-order valence-corrected chi connectivity index (χ0v) is 10.5. The Morgan fingerprint density at radius 1 is 1.47 bits per heavy atom. The summed E-state index contributed by atoms with van der Waals surface area (Å²) in [6.07, 6.45) is 0.904. The minimum atomic E-state index is -0.267. The first-order valence-corrected chi connectivity index (χ1v) is 5.82. The Balaban J connectivity index is 2.47. The molecular formula is C13H19FN2O. The molecule has 3 nitrogen and oxygen atoms in total. The Morgan fingerprint density at radius 3 is 2.76 bits per heavy atom. The number of rotatable bonds is 5. The summed E-state index contributed by atoms with van der Waals surface area (Å²) in [5.74, 6) is -0.319. The number of halogens is 1. The van der Waals surface area contributed by atoms with Crippen molar-refractivity contribution in [2.24, 2.45) is 0 Å². The number of anilines is 1. The summed E-state index contributed by atoms with van der Waals surface area (Å²) in [4.78, 5) is 11.5. The molecule has 94 valence electrons. The molecule has 0 radical (unpaired) electrons. The second kappa shape index (κ2) is 6.23. The van der Waals surface area contributed by atoms with E-state index >= 15 is 0 Å². The summed E-state index contributed by atoms with van der Waals surface area (Å²) in [6, 6.07) is 4.64. The lowest BCUT2D eigenvalue weighted by Gasteiger charge is -2.13. The van der Waals surface area contributed by atoms with Crippen LogP contribution in [0.1, 0.15) is 25.8 Å². The fourth-order valence-corrected chi connectivity index (χ4v) is 1.43. The minimum Gasteiger partial charge on any atom is -0.376 e. The van der Waals surface area contributed by atoms with Gasteiger partial charge in [-0.25, -0.2) is 4.39 Å². The van der Waals surface area contributed by atoms with Crippen molar-refractivity contribution in [3.05, 3.63) is 29.6 Å². The molecule has 4 heteroatoms. The summed E-state index contributed by atoms with van der Waals surface area (Å²) in [7, 11) is 0. The van der Waals surface area contributed by atoms with Crippen LogP contribution in [0.4, 0.5) is 10.1 Å². The molecule has 0 bridgehead atoms. The zero-order chi connectivity index (χ0) is 12.8. The molecule has 2 N–H and O–H groups in total. The lowest BCUT2D eigenvalue weighted by molar-refractivity contribution is -0.120. The number of carbonyl (C=O) groups is 1. The standard InChI is InChI=1S/C13H19FN2O/c1-4-10(3)16-13(17)8-15-12-6-5-11(14)7-9(12)2/h5-7,10,15H,4,8H2,1-3H3,(H,16,17). The lowest BCUT2D eigenvalue weighted by atomic mass is 10.2. The van der Waals surface area contributed by atoms with Gasteiger partial charge in [0.25, 0.3) is 0 Å². The van der Waals surface area contributed by atoms with Gasteiger partial charge < -0.3 is 10.6 Å². The summed E-state index contributed by atoms with van der Waals surface area (Å²) < 4.78 is 12.9. The maximum Gasteiger partial charge on any atom is 0.239 e. The van der Waals surface area contributed by atoms with Gasteiger partial charge in [0.1, 0.15) is 5.82 Å². The number of benzene rings is 1. The highest BCUT2D eigenvalue weighted by molar-refractivity contribution is 5.81. The maximum absolute atomic E-state index is 12.9. The molecule has 0 saturated carbocycles. The first-order chi connectivity index (χ1) is 8.02. The molecule has 1 rings (SSSR count). The average molecular weight is 238 g/mol. The van der Waals surface area contributed by atoms with Crippen LogP contribution >= 0.6 is 0 Å². The Hall–Kier alpha value is -1.58. The van der Waals surface area contributed by atoms with Gasteiger partial charge in [-0.15, -0.1) is 0 Å². The number of hydrogen-bond acceptors (Lipinski definition) is 2. The van der Waals surface area contributed by atoms with Crippen LogP contribution in [0.2, 0.25) is 0 Å². The highest BCUT2D eigenvalue weighted by Crippen LogP contribution is 2.14. The first kappa shape index (κ1) is 13.5. The number of amides is 1. The van der Waals surface area contributed by atoms with E-state index in [1.54, 1.807) is 13.0 Å². The molecule has 0 heterocycles. The second-order valence-corrected chi connectivity index (χ2v) is 4.19. The van der Waals surface area contributed by atoms with Crippen LogP contribution in [0.15, 0.2) is 18.2 Å². The van der Waals surface area contributed by atoms with E-state index in [9.17, 15) is 9.18 Å². The van der Waals surface area contributed by atoms with Crippen LogP contribution < -0.4 is 10.6 Å². The molecule has 1 aromatic carbocycles. The molecule has 0 saturated heterocycles. The van der Waals surface area contributed by atoms with Crippen molar-refractivity contribution in [1.29, 1.82) is 0 Å². The minimum absolute atomic E-state index is 0.0527. The second-order valence-electron chi connectivity index (χ2n) is 4.19. The summed E-state index contributed by atoms with van der Waals surface area (Å²) >= 11 is 0. The molecule has 0 aliphatic carbocycles. The maximum atomic E-state index is 12.9. The lowest BCUT2D eigenvalue weighted by Crippen LogP contribution is -2.36. The summed E-state index contributed by atoms with van der Waals surface area (Å²) in [6.45, 7) is 5.98. The molecule has 0 aliphatic heterocycles. The van der Waals surface area contributed by atoms with Crippen molar-refractivity contribution in [2.45, 2.75) is 33.2 Å². The van der Waals surface area contributed by atoms with Crippen LogP contribution in [0, 0.1) is 12.7 Å². The van der Waals surface area contributed by atoms with Crippen LogP contribution in [-0.4, -0.2) is 18.5 Å². The van der Waals surface area contributed by atoms with Crippen LogP contribution in [0.3, 0.4) is 0 Å². The molecular weight excluding hydrogens is 219 g/mol. The topological polar surface area (TPSA) is 41.1 Å². The van der Waals surface area contributed by atoms with E-state index in [0.717, 1.165) is 17.7 Å². The molecule has 1 aromatic rings. The van der Waals surface area contributed by atoms with Gasteiger partial charge in [-0.3, -0.25) is 4.79 Å². The number of carbonyl (C=O) groups excluding carboxylic acids is 1. The molecule has 1 amide bonds. The molecule has 0 aromatic heterocycles. The van der Waals surface area contributed by atoms with Gasteiger partial charge in [0.2, 0.25) is 5.91 Å². The van der Waals surface area contributed by atoms with Gasteiger partial charge in [-0.1, -0.05) is 6.92 Å². The number of aryl methyl sites for hydroxylation is 1. The Bertz CT molecular complexity index is 393. The van der Waals surface area contributed by atoms with Gasteiger partial charge in [-0.2, -0.15) is 0 Å². The van der Waals surface area contributed by atoms with E-state index in [1.807, 2.05) is 13.8 Å². The van der Waals surface area contributed by atoms with Crippen LogP contribution in [0.5, 0.6) is 0 Å². The molecule has 0 spiro atoms. The van der Waals surface area contributed by atoms with Crippen LogP contribution in [-0.2, 0) is 4.79 Å². The fraction of sp³-hybridized carbons (Fsp3) is 0.462. The quantitative estimate of drug-likeness (QED) is 0.827. The van der Waals surface area contributed by atoms with Crippen molar-refractivity contribution in [3.63, 3.8) is 0 Å². The van der Waals surface area contributed by atoms with Gasteiger partial charge >= 0.3 is 0 Å². The third-order valence-corrected chi connectivity index (χ3v) is 2.65. The molecule has 17 heavy (non-hydrogen) atoms. The zero-order valence-electron chi connectivity index (χ0n) is 10.5.